The lowest BCUT2D eigenvalue weighted by molar-refractivity contribution is 0.788. The van der Waals surface area contributed by atoms with Crippen molar-refractivity contribution in [1.29, 1.82) is 0 Å². The third kappa shape index (κ3) is 5.31. The number of unbranched alkanes of at least 4 members (excludes halogenated alkanes) is 1. The highest BCUT2D eigenvalue weighted by Crippen LogP contribution is 2.22. The second-order valence-electron chi connectivity index (χ2n) is 6.02. The molecule has 2 aromatic carbocycles. The molecule has 0 heterocycles. The molecule has 2 N–H and O–H groups in total. The van der Waals surface area contributed by atoms with Gasteiger partial charge in [0.25, 0.3) is 0 Å². The van der Waals surface area contributed by atoms with E-state index >= 15 is 0 Å². The van der Waals surface area contributed by atoms with Crippen LogP contribution in [0.15, 0.2) is 42.5 Å². The van der Waals surface area contributed by atoms with Crippen LogP contribution in [0.5, 0.6) is 0 Å². The fraction of sp³-hybridized carbons (Fsp3) is 0.429. The highest BCUT2D eigenvalue weighted by molar-refractivity contribution is 5.50. The molecule has 0 aliphatic rings. The lowest BCUT2D eigenvalue weighted by atomic mass is 9.95. The summed E-state index contributed by atoms with van der Waals surface area (Å²) < 4.78 is 0. The normalized spacial score (nSPS) is 10.6. The summed E-state index contributed by atoms with van der Waals surface area (Å²) in [7, 11) is 0. The van der Waals surface area contributed by atoms with Gasteiger partial charge in [-0.3, -0.25) is 0 Å². The number of hydrogen-bond acceptors (Lipinski definition) is 2. The number of anilines is 2. The topological polar surface area (TPSA) is 24.1 Å². The average molecular weight is 310 g/mol. The number of aryl methyl sites for hydroxylation is 1. The second-order valence-corrected chi connectivity index (χ2v) is 6.02. The van der Waals surface area contributed by atoms with Gasteiger partial charge in [0, 0.05) is 24.5 Å². The van der Waals surface area contributed by atoms with Crippen molar-refractivity contribution in [2.45, 2.75) is 46.5 Å². The van der Waals surface area contributed by atoms with Crippen LogP contribution in [0.3, 0.4) is 0 Å². The predicted molar refractivity (Wildman–Crippen MR) is 103 cm³/mol. The molecule has 0 radical (unpaired) electrons. The Morgan fingerprint density at radius 1 is 0.739 bits per heavy atom. The summed E-state index contributed by atoms with van der Waals surface area (Å²) in [6, 6.07) is 15.7. The molecule has 2 heteroatoms. The average Bonchev–Trinajstić information content (AvgIpc) is 2.57. The van der Waals surface area contributed by atoms with E-state index in [9.17, 15) is 0 Å². The molecule has 0 aliphatic heterocycles. The van der Waals surface area contributed by atoms with E-state index in [1.165, 1.54) is 47.3 Å². The second kappa shape index (κ2) is 9.24. The van der Waals surface area contributed by atoms with E-state index in [0.717, 1.165) is 19.5 Å². The standard InChI is InChI=1S/C21H30N2/c1-4-7-8-18-16-21(23-6-3)14-11-19(18)15-17-9-12-20(13-10-17)22-5-2/h9-14,16,22-23H,4-8,15H2,1-3H3. The fourth-order valence-electron chi connectivity index (χ4n) is 2.88. The minimum absolute atomic E-state index is 0.965. The van der Waals surface area contributed by atoms with E-state index in [1.807, 2.05) is 0 Å². The van der Waals surface area contributed by atoms with Crippen LogP contribution < -0.4 is 10.6 Å². The van der Waals surface area contributed by atoms with Gasteiger partial charge >= 0.3 is 0 Å². The fourth-order valence-corrected chi connectivity index (χ4v) is 2.88. The predicted octanol–water partition coefficient (Wildman–Crippen LogP) is 5.48. The first-order chi connectivity index (χ1) is 11.3. The first-order valence-corrected chi connectivity index (χ1v) is 8.95. The van der Waals surface area contributed by atoms with E-state index in [0.29, 0.717) is 0 Å². The minimum Gasteiger partial charge on any atom is -0.385 e. The molecule has 2 aromatic rings. The van der Waals surface area contributed by atoms with Gasteiger partial charge in [0.15, 0.2) is 0 Å². The summed E-state index contributed by atoms with van der Waals surface area (Å²) in [5.41, 5.74) is 6.76. The van der Waals surface area contributed by atoms with Crippen molar-refractivity contribution in [3.05, 3.63) is 59.2 Å². The van der Waals surface area contributed by atoms with Crippen molar-refractivity contribution in [3.8, 4) is 0 Å². The summed E-state index contributed by atoms with van der Waals surface area (Å²) in [4.78, 5) is 0. The molecule has 0 amide bonds. The molecular formula is C21H30N2. The molecule has 23 heavy (non-hydrogen) atoms. The van der Waals surface area contributed by atoms with Crippen LogP contribution in [0.1, 0.15) is 50.3 Å². The maximum Gasteiger partial charge on any atom is 0.0343 e. The molecule has 0 bridgehead atoms. The molecule has 0 saturated carbocycles. The number of nitrogens with one attached hydrogen (secondary N) is 2. The van der Waals surface area contributed by atoms with Crippen LogP contribution >= 0.6 is 0 Å². The largest absolute Gasteiger partial charge is 0.385 e. The van der Waals surface area contributed by atoms with Crippen molar-refractivity contribution in [3.63, 3.8) is 0 Å². The quantitative estimate of drug-likeness (QED) is 0.640. The Bertz CT molecular complexity index is 587. The molecular weight excluding hydrogens is 280 g/mol. The Kier molecular flexibility index (Phi) is 6.99. The first-order valence-electron chi connectivity index (χ1n) is 8.95. The summed E-state index contributed by atoms with van der Waals surface area (Å²) in [6.45, 7) is 8.46. The number of benzene rings is 2. The van der Waals surface area contributed by atoms with E-state index in [1.54, 1.807) is 0 Å². The van der Waals surface area contributed by atoms with E-state index < -0.39 is 0 Å². The molecule has 0 atom stereocenters. The molecule has 0 unspecified atom stereocenters. The van der Waals surface area contributed by atoms with Gasteiger partial charge in [-0.15, -0.1) is 0 Å². The molecule has 0 aromatic heterocycles. The van der Waals surface area contributed by atoms with Gasteiger partial charge in [0.1, 0.15) is 0 Å². The van der Waals surface area contributed by atoms with Crippen molar-refractivity contribution in [2.24, 2.45) is 0 Å². The van der Waals surface area contributed by atoms with Crippen LogP contribution in [-0.4, -0.2) is 13.1 Å². The third-order valence-electron chi connectivity index (χ3n) is 4.12. The van der Waals surface area contributed by atoms with Crippen molar-refractivity contribution >= 4 is 11.4 Å². The highest BCUT2D eigenvalue weighted by atomic mass is 14.9. The van der Waals surface area contributed by atoms with Gasteiger partial charge < -0.3 is 10.6 Å². The van der Waals surface area contributed by atoms with Gasteiger partial charge in [0.2, 0.25) is 0 Å². The molecule has 2 nitrogen and oxygen atoms in total. The Morgan fingerprint density at radius 3 is 2.04 bits per heavy atom. The molecule has 124 valence electrons. The summed E-state index contributed by atoms with van der Waals surface area (Å²) in [5.74, 6) is 0. The zero-order valence-corrected chi connectivity index (χ0v) is 14.8. The SMILES string of the molecule is CCCCc1cc(NCC)ccc1Cc1ccc(NCC)cc1. The van der Waals surface area contributed by atoms with E-state index in [4.69, 9.17) is 0 Å². The van der Waals surface area contributed by atoms with Gasteiger partial charge in [-0.1, -0.05) is 31.5 Å². The maximum atomic E-state index is 3.43. The van der Waals surface area contributed by atoms with Crippen LogP contribution in [-0.2, 0) is 12.8 Å². The zero-order chi connectivity index (χ0) is 16.5. The molecule has 0 fully saturated rings. The van der Waals surface area contributed by atoms with Crippen LogP contribution in [0.2, 0.25) is 0 Å². The Labute approximate surface area is 141 Å². The summed E-state index contributed by atoms with van der Waals surface area (Å²) in [6.07, 6.45) is 4.67. The first kappa shape index (κ1) is 17.4. The Hall–Kier alpha value is -1.96. The van der Waals surface area contributed by atoms with Crippen molar-refractivity contribution < 1.29 is 0 Å². The summed E-state index contributed by atoms with van der Waals surface area (Å²) in [5, 5.41) is 6.78. The van der Waals surface area contributed by atoms with Crippen LogP contribution in [0, 0.1) is 0 Å². The van der Waals surface area contributed by atoms with E-state index in [-0.39, 0.29) is 0 Å². The van der Waals surface area contributed by atoms with Gasteiger partial charge in [-0.2, -0.15) is 0 Å². The molecule has 2 rings (SSSR count). The van der Waals surface area contributed by atoms with Crippen molar-refractivity contribution in [1.82, 2.24) is 0 Å². The van der Waals surface area contributed by atoms with Crippen LogP contribution in [0.25, 0.3) is 0 Å². The summed E-state index contributed by atoms with van der Waals surface area (Å²) >= 11 is 0. The Morgan fingerprint density at radius 2 is 1.39 bits per heavy atom. The van der Waals surface area contributed by atoms with Gasteiger partial charge in [0.05, 0.1) is 0 Å². The smallest absolute Gasteiger partial charge is 0.0343 e. The minimum atomic E-state index is 0.965. The Balaban J connectivity index is 2.16. The van der Waals surface area contributed by atoms with Gasteiger partial charge in [-0.05, 0) is 74.1 Å². The zero-order valence-electron chi connectivity index (χ0n) is 14.8. The van der Waals surface area contributed by atoms with Crippen LogP contribution in [0.4, 0.5) is 11.4 Å². The molecule has 0 saturated heterocycles. The lowest BCUT2D eigenvalue weighted by Gasteiger charge is -2.13. The maximum absolute atomic E-state index is 3.43. The van der Waals surface area contributed by atoms with E-state index in [2.05, 4.69) is 73.9 Å². The van der Waals surface area contributed by atoms with Crippen molar-refractivity contribution in [2.75, 3.05) is 23.7 Å². The lowest BCUT2D eigenvalue weighted by Crippen LogP contribution is -2.01. The monoisotopic (exact) mass is 310 g/mol. The number of hydrogen-bond donors (Lipinski definition) is 2. The molecule has 0 spiro atoms. The third-order valence-corrected chi connectivity index (χ3v) is 4.12. The molecule has 0 aliphatic carbocycles. The highest BCUT2D eigenvalue weighted by Gasteiger charge is 2.05. The number of rotatable bonds is 9. The van der Waals surface area contributed by atoms with Gasteiger partial charge in [-0.25, -0.2) is 0 Å².